The molecular weight excluding hydrogens is 252 g/mol. The molecule has 1 aromatic rings. The van der Waals surface area contributed by atoms with Gasteiger partial charge in [0.1, 0.15) is 0 Å². The summed E-state index contributed by atoms with van der Waals surface area (Å²) in [5, 5.41) is 5.15. The van der Waals surface area contributed by atoms with Crippen molar-refractivity contribution in [2.45, 2.75) is 31.8 Å². The molecule has 1 aliphatic heterocycles. The molecule has 1 aromatic heterocycles. The number of aromatic nitrogens is 2. The molecule has 1 fully saturated rings. The molecule has 7 heteroatoms. The number of imidazole rings is 1. The number of hydrogen-bond acceptors (Lipinski definition) is 4. The van der Waals surface area contributed by atoms with Crippen molar-refractivity contribution in [3.05, 3.63) is 18.7 Å². The first-order valence-electron chi connectivity index (χ1n) is 6.25. The van der Waals surface area contributed by atoms with Crippen LogP contribution in [0.3, 0.4) is 0 Å². The van der Waals surface area contributed by atoms with Gasteiger partial charge in [-0.2, -0.15) is 0 Å². The molecule has 0 amide bonds. The van der Waals surface area contributed by atoms with E-state index in [1.807, 2.05) is 10.8 Å². The minimum Gasteiger partial charge on any atom is -0.336 e. The highest BCUT2D eigenvalue weighted by molar-refractivity contribution is 7.89. The molecule has 1 unspecified atom stereocenters. The molecule has 0 bridgehead atoms. The first kappa shape index (κ1) is 13.5. The van der Waals surface area contributed by atoms with Crippen LogP contribution in [0.2, 0.25) is 0 Å². The summed E-state index contributed by atoms with van der Waals surface area (Å²) in [7, 11) is -3.39. The molecule has 6 nitrogen and oxygen atoms in total. The molecule has 0 aromatic carbocycles. The Hall–Kier alpha value is -0.920. The number of sulfonamides is 1. The molecule has 1 saturated heterocycles. The number of likely N-dealkylation sites (tertiary alicyclic amines) is 1. The number of primary sulfonamides is 1. The fraction of sp³-hybridized carbons (Fsp3) is 0.727. The lowest BCUT2D eigenvalue weighted by Gasteiger charge is -2.35. The lowest BCUT2D eigenvalue weighted by molar-refractivity contribution is 0.157. The monoisotopic (exact) mass is 272 g/mol. The van der Waals surface area contributed by atoms with Gasteiger partial charge in [-0.1, -0.05) is 6.42 Å². The molecule has 2 rings (SSSR count). The minimum atomic E-state index is -3.39. The van der Waals surface area contributed by atoms with Crippen molar-refractivity contribution in [3.63, 3.8) is 0 Å². The number of hydrogen-bond donors (Lipinski definition) is 1. The van der Waals surface area contributed by atoms with Crippen LogP contribution in [0.5, 0.6) is 0 Å². The van der Waals surface area contributed by atoms with Crippen molar-refractivity contribution in [2.24, 2.45) is 5.14 Å². The molecule has 102 valence electrons. The maximum absolute atomic E-state index is 11.2. The molecule has 18 heavy (non-hydrogen) atoms. The minimum absolute atomic E-state index is 0.0664. The van der Waals surface area contributed by atoms with Crippen molar-refractivity contribution in [1.29, 1.82) is 0 Å². The van der Waals surface area contributed by atoms with Crippen LogP contribution < -0.4 is 5.14 Å². The Balaban J connectivity index is 1.91. The standard InChI is InChI=1S/C11H20N4O2S/c12-18(16,17)9-11-3-1-2-5-15(11)8-7-14-6-4-13-10-14/h4,6,10-11H,1-3,5,7-9H2,(H2,12,16,17). The van der Waals surface area contributed by atoms with Crippen LogP contribution in [-0.2, 0) is 16.6 Å². The Bertz CT molecular complexity index is 457. The molecular formula is C11H20N4O2S. The Morgan fingerprint density at radius 1 is 1.33 bits per heavy atom. The number of piperidine rings is 1. The lowest BCUT2D eigenvalue weighted by atomic mass is 10.0. The third kappa shape index (κ3) is 4.08. The zero-order valence-corrected chi connectivity index (χ0v) is 11.2. The highest BCUT2D eigenvalue weighted by Crippen LogP contribution is 2.17. The van der Waals surface area contributed by atoms with Crippen molar-refractivity contribution in [1.82, 2.24) is 14.5 Å². The molecule has 1 aliphatic rings. The maximum Gasteiger partial charge on any atom is 0.210 e. The summed E-state index contributed by atoms with van der Waals surface area (Å²) in [5.74, 6) is 0.0664. The molecule has 2 N–H and O–H groups in total. The maximum atomic E-state index is 11.2. The number of nitrogens with two attached hydrogens (primary N) is 1. The molecule has 0 aliphatic carbocycles. The fourth-order valence-corrected chi connectivity index (χ4v) is 3.39. The summed E-state index contributed by atoms with van der Waals surface area (Å²) in [6.07, 6.45) is 8.57. The van der Waals surface area contributed by atoms with E-state index in [1.165, 1.54) is 0 Å². The van der Waals surface area contributed by atoms with Gasteiger partial charge in [0.05, 0.1) is 12.1 Å². The Morgan fingerprint density at radius 3 is 2.83 bits per heavy atom. The van der Waals surface area contributed by atoms with E-state index in [4.69, 9.17) is 5.14 Å². The van der Waals surface area contributed by atoms with Crippen LogP contribution in [0.4, 0.5) is 0 Å². The number of nitrogens with zero attached hydrogens (tertiary/aromatic N) is 3. The predicted octanol–water partition coefficient (Wildman–Crippen LogP) is 0.0261. The molecule has 1 atom stereocenters. The topological polar surface area (TPSA) is 81.2 Å². The van der Waals surface area contributed by atoms with Crippen LogP contribution in [0.1, 0.15) is 19.3 Å². The summed E-state index contributed by atoms with van der Waals surface area (Å²) < 4.78 is 24.4. The van der Waals surface area contributed by atoms with Gasteiger partial charge in [-0.25, -0.2) is 18.5 Å². The fourth-order valence-electron chi connectivity index (χ4n) is 2.47. The first-order chi connectivity index (χ1) is 8.54. The Morgan fingerprint density at radius 2 is 2.17 bits per heavy atom. The highest BCUT2D eigenvalue weighted by atomic mass is 32.2. The summed E-state index contributed by atoms with van der Waals surface area (Å²) >= 11 is 0. The van der Waals surface area contributed by atoms with Crippen LogP contribution in [0, 0.1) is 0 Å². The summed E-state index contributed by atoms with van der Waals surface area (Å²) in [6.45, 7) is 2.63. The van der Waals surface area contributed by atoms with E-state index in [0.717, 1.165) is 38.9 Å². The van der Waals surface area contributed by atoms with Gasteiger partial charge < -0.3 is 4.57 Å². The van der Waals surface area contributed by atoms with E-state index in [0.29, 0.717) is 0 Å². The van der Waals surface area contributed by atoms with Gasteiger partial charge in [0, 0.05) is 31.5 Å². The van der Waals surface area contributed by atoms with Crippen LogP contribution >= 0.6 is 0 Å². The van der Waals surface area contributed by atoms with Gasteiger partial charge in [0.2, 0.25) is 10.0 Å². The van der Waals surface area contributed by atoms with Crippen molar-refractivity contribution in [3.8, 4) is 0 Å². The average molecular weight is 272 g/mol. The Kier molecular flexibility index (Phi) is 4.36. The zero-order chi connectivity index (χ0) is 13.0. The Labute approximate surface area is 108 Å². The predicted molar refractivity (Wildman–Crippen MR) is 69.4 cm³/mol. The van der Waals surface area contributed by atoms with Gasteiger partial charge in [-0.05, 0) is 19.4 Å². The van der Waals surface area contributed by atoms with Gasteiger partial charge >= 0.3 is 0 Å². The van der Waals surface area contributed by atoms with E-state index in [-0.39, 0.29) is 11.8 Å². The second-order valence-corrected chi connectivity index (χ2v) is 6.47. The van der Waals surface area contributed by atoms with Gasteiger partial charge in [-0.15, -0.1) is 0 Å². The van der Waals surface area contributed by atoms with E-state index < -0.39 is 10.0 Å². The van der Waals surface area contributed by atoms with E-state index in [9.17, 15) is 8.42 Å². The normalized spacial score (nSPS) is 22.2. The van der Waals surface area contributed by atoms with Gasteiger partial charge in [-0.3, -0.25) is 4.90 Å². The summed E-state index contributed by atoms with van der Waals surface area (Å²) in [4.78, 5) is 6.22. The SMILES string of the molecule is NS(=O)(=O)CC1CCCCN1CCn1ccnc1. The van der Waals surface area contributed by atoms with E-state index in [2.05, 4.69) is 9.88 Å². The smallest absolute Gasteiger partial charge is 0.210 e. The van der Waals surface area contributed by atoms with Crippen molar-refractivity contribution in [2.75, 3.05) is 18.8 Å². The quantitative estimate of drug-likeness (QED) is 0.819. The molecule has 0 radical (unpaired) electrons. The van der Waals surface area contributed by atoms with Gasteiger partial charge in [0.15, 0.2) is 0 Å². The second-order valence-electron chi connectivity index (χ2n) is 4.82. The third-order valence-corrected chi connectivity index (χ3v) is 4.23. The molecule has 2 heterocycles. The van der Waals surface area contributed by atoms with E-state index in [1.54, 1.807) is 12.5 Å². The lowest BCUT2D eigenvalue weighted by Crippen LogP contribution is -2.46. The highest BCUT2D eigenvalue weighted by Gasteiger charge is 2.25. The third-order valence-electron chi connectivity index (χ3n) is 3.38. The number of rotatable bonds is 5. The van der Waals surface area contributed by atoms with Gasteiger partial charge in [0.25, 0.3) is 0 Å². The average Bonchev–Trinajstić information content (AvgIpc) is 2.79. The van der Waals surface area contributed by atoms with Crippen LogP contribution in [-0.4, -0.2) is 47.8 Å². The molecule has 0 spiro atoms. The van der Waals surface area contributed by atoms with E-state index >= 15 is 0 Å². The molecule has 0 saturated carbocycles. The van der Waals surface area contributed by atoms with Crippen molar-refractivity contribution < 1.29 is 8.42 Å². The largest absolute Gasteiger partial charge is 0.336 e. The van der Waals surface area contributed by atoms with Crippen LogP contribution in [0.25, 0.3) is 0 Å². The van der Waals surface area contributed by atoms with Crippen LogP contribution in [0.15, 0.2) is 18.7 Å². The summed E-state index contributed by atoms with van der Waals surface area (Å²) in [6, 6.07) is 0.0669. The summed E-state index contributed by atoms with van der Waals surface area (Å²) in [5.41, 5.74) is 0. The first-order valence-corrected chi connectivity index (χ1v) is 7.96. The second kappa shape index (κ2) is 5.81. The zero-order valence-electron chi connectivity index (χ0n) is 10.4. The van der Waals surface area contributed by atoms with Crippen molar-refractivity contribution >= 4 is 10.0 Å².